The zero-order valence-corrected chi connectivity index (χ0v) is 13.5. The Hall–Kier alpha value is -3.02. The zero-order valence-electron chi connectivity index (χ0n) is 13.5. The maximum atomic E-state index is 12.8. The van der Waals surface area contributed by atoms with Gasteiger partial charge in [-0.15, -0.1) is 0 Å². The molecule has 0 fully saturated rings. The van der Waals surface area contributed by atoms with Gasteiger partial charge in [-0.25, -0.2) is 4.39 Å². The second kappa shape index (κ2) is 7.25. The lowest BCUT2D eigenvalue weighted by molar-refractivity contribution is -0.121. The Labute approximate surface area is 144 Å². The number of benzene rings is 2. The van der Waals surface area contributed by atoms with Crippen molar-refractivity contribution in [3.05, 3.63) is 71.0 Å². The number of nitrogens with zero attached hydrogens (tertiary/aromatic N) is 1. The fourth-order valence-electron chi connectivity index (χ4n) is 2.74. The van der Waals surface area contributed by atoms with Crippen molar-refractivity contribution in [1.29, 1.82) is 0 Å². The van der Waals surface area contributed by atoms with E-state index in [2.05, 4.69) is 5.32 Å². The Bertz CT molecular complexity index is 783. The molecule has 25 heavy (non-hydrogen) atoms. The molecule has 0 aromatic heterocycles. The molecule has 0 radical (unpaired) electrons. The third kappa shape index (κ3) is 3.74. The number of imide groups is 1. The van der Waals surface area contributed by atoms with Crippen molar-refractivity contribution in [2.75, 3.05) is 13.1 Å². The molecule has 2 aromatic rings. The molecule has 6 heteroatoms. The summed E-state index contributed by atoms with van der Waals surface area (Å²) < 4.78 is 12.8. The highest BCUT2D eigenvalue weighted by Crippen LogP contribution is 2.22. The predicted molar refractivity (Wildman–Crippen MR) is 89.5 cm³/mol. The molecule has 0 unspecified atom stereocenters. The maximum absolute atomic E-state index is 12.8. The quantitative estimate of drug-likeness (QED) is 0.820. The molecule has 1 heterocycles. The molecule has 0 aliphatic carbocycles. The van der Waals surface area contributed by atoms with Crippen LogP contribution in [-0.4, -0.2) is 35.7 Å². The summed E-state index contributed by atoms with van der Waals surface area (Å²) in [6.45, 7) is 0.460. The highest BCUT2D eigenvalue weighted by atomic mass is 19.1. The van der Waals surface area contributed by atoms with Gasteiger partial charge in [-0.3, -0.25) is 19.3 Å². The molecule has 3 amide bonds. The van der Waals surface area contributed by atoms with E-state index in [9.17, 15) is 18.8 Å². The molecule has 1 N–H and O–H groups in total. The molecule has 0 spiro atoms. The fraction of sp³-hybridized carbons (Fsp3) is 0.211. The minimum Gasteiger partial charge on any atom is -0.356 e. The second-order valence-electron chi connectivity index (χ2n) is 5.78. The number of hydrogen-bond donors (Lipinski definition) is 1. The molecule has 0 bridgehead atoms. The third-order valence-corrected chi connectivity index (χ3v) is 4.09. The zero-order chi connectivity index (χ0) is 17.8. The van der Waals surface area contributed by atoms with Crippen LogP contribution in [0.25, 0.3) is 0 Å². The first-order valence-corrected chi connectivity index (χ1v) is 8.02. The SMILES string of the molecule is O=C(CCN1C(=O)c2ccccc2C1=O)NCCc1ccc(F)cc1. The molecule has 5 nitrogen and oxygen atoms in total. The van der Waals surface area contributed by atoms with Crippen LogP contribution in [0.2, 0.25) is 0 Å². The lowest BCUT2D eigenvalue weighted by atomic mass is 10.1. The number of fused-ring (bicyclic) bond motifs is 1. The van der Waals surface area contributed by atoms with E-state index in [4.69, 9.17) is 0 Å². The minimum absolute atomic E-state index is 0.0503. The third-order valence-electron chi connectivity index (χ3n) is 4.09. The predicted octanol–water partition coefficient (Wildman–Crippen LogP) is 2.17. The summed E-state index contributed by atoms with van der Waals surface area (Å²) in [6, 6.07) is 12.7. The van der Waals surface area contributed by atoms with Crippen LogP contribution in [0.1, 0.15) is 32.7 Å². The summed E-state index contributed by atoms with van der Waals surface area (Å²) in [5.41, 5.74) is 1.68. The fourth-order valence-corrected chi connectivity index (χ4v) is 2.74. The van der Waals surface area contributed by atoms with Crippen molar-refractivity contribution in [3.8, 4) is 0 Å². The van der Waals surface area contributed by atoms with Gasteiger partial charge in [-0.1, -0.05) is 24.3 Å². The lowest BCUT2D eigenvalue weighted by Gasteiger charge is -2.13. The van der Waals surface area contributed by atoms with Gasteiger partial charge in [-0.05, 0) is 36.2 Å². The summed E-state index contributed by atoms with van der Waals surface area (Å²) in [5, 5.41) is 2.74. The summed E-state index contributed by atoms with van der Waals surface area (Å²) >= 11 is 0. The maximum Gasteiger partial charge on any atom is 0.261 e. The number of hydrogen-bond acceptors (Lipinski definition) is 3. The van der Waals surface area contributed by atoms with Crippen molar-refractivity contribution < 1.29 is 18.8 Å². The van der Waals surface area contributed by atoms with Crippen molar-refractivity contribution in [3.63, 3.8) is 0 Å². The van der Waals surface area contributed by atoms with E-state index in [1.165, 1.54) is 12.1 Å². The molecule has 0 saturated carbocycles. The van der Waals surface area contributed by atoms with Gasteiger partial charge in [0.2, 0.25) is 5.91 Å². The van der Waals surface area contributed by atoms with Crippen molar-refractivity contribution >= 4 is 17.7 Å². The number of carbonyl (C=O) groups is 3. The van der Waals surface area contributed by atoms with Crippen LogP contribution in [-0.2, 0) is 11.2 Å². The van der Waals surface area contributed by atoms with Crippen LogP contribution in [0.15, 0.2) is 48.5 Å². The Morgan fingerprint density at radius 2 is 1.56 bits per heavy atom. The van der Waals surface area contributed by atoms with Gasteiger partial charge in [0.05, 0.1) is 11.1 Å². The van der Waals surface area contributed by atoms with Crippen LogP contribution in [0.4, 0.5) is 4.39 Å². The van der Waals surface area contributed by atoms with E-state index >= 15 is 0 Å². The Morgan fingerprint density at radius 1 is 0.960 bits per heavy atom. The molecule has 3 rings (SSSR count). The minimum atomic E-state index is -0.361. The number of nitrogens with one attached hydrogen (secondary N) is 1. The topological polar surface area (TPSA) is 66.5 Å². The van der Waals surface area contributed by atoms with Crippen LogP contribution in [0, 0.1) is 5.82 Å². The van der Waals surface area contributed by atoms with E-state index in [-0.39, 0.29) is 36.5 Å². The normalized spacial score (nSPS) is 13.1. The second-order valence-corrected chi connectivity index (χ2v) is 5.78. The monoisotopic (exact) mass is 340 g/mol. The molecule has 0 saturated heterocycles. The van der Waals surface area contributed by atoms with Crippen molar-refractivity contribution in [2.45, 2.75) is 12.8 Å². The number of halogens is 1. The highest BCUT2D eigenvalue weighted by Gasteiger charge is 2.34. The Balaban J connectivity index is 1.46. The summed E-state index contributed by atoms with van der Waals surface area (Å²) in [4.78, 5) is 37.4. The smallest absolute Gasteiger partial charge is 0.261 e. The van der Waals surface area contributed by atoms with E-state index in [1.54, 1.807) is 36.4 Å². The van der Waals surface area contributed by atoms with E-state index < -0.39 is 0 Å². The molecule has 128 valence electrons. The molecule has 1 aliphatic rings. The average Bonchev–Trinajstić information content (AvgIpc) is 2.86. The first-order chi connectivity index (χ1) is 12.1. The van der Waals surface area contributed by atoms with E-state index in [0.717, 1.165) is 10.5 Å². The van der Waals surface area contributed by atoms with Gasteiger partial charge in [-0.2, -0.15) is 0 Å². The number of rotatable bonds is 6. The number of amides is 3. The van der Waals surface area contributed by atoms with Gasteiger partial charge >= 0.3 is 0 Å². The Morgan fingerprint density at radius 3 is 2.16 bits per heavy atom. The number of carbonyl (C=O) groups excluding carboxylic acids is 3. The summed E-state index contributed by atoms with van der Waals surface area (Å²) in [7, 11) is 0. The lowest BCUT2D eigenvalue weighted by Crippen LogP contribution is -2.35. The van der Waals surface area contributed by atoms with E-state index in [0.29, 0.717) is 24.1 Å². The van der Waals surface area contributed by atoms with E-state index in [1.807, 2.05) is 0 Å². The molecule has 2 aromatic carbocycles. The van der Waals surface area contributed by atoms with Gasteiger partial charge in [0, 0.05) is 19.5 Å². The molecule has 0 atom stereocenters. The highest BCUT2D eigenvalue weighted by molar-refractivity contribution is 6.21. The van der Waals surface area contributed by atoms with Crippen molar-refractivity contribution in [1.82, 2.24) is 10.2 Å². The first kappa shape index (κ1) is 16.8. The Kier molecular flexibility index (Phi) is 4.88. The van der Waals surface area contributed by atoms with Crippen LogP contribution in [0.3, 0.4) is 0 Å². The van der Waals surface area contributed by atoms with Gasteiger partial charge in [0.15, 0.2) is 0 Å². The molecule has 1 aliphatic heterocycles. The standard InChI is InChI=1S/C19H17FN2O3/c20-14-7-5-13(6-8-14)9-11-21-17(23)10-12-22-18(24)15-3-1-2-4-16(15)19(22)25/h1-8H,9-12H2,(H,21,23). The largest absolute Gasteiger partial charge is 0.356 e. The van der Waals surface area contributed by atoms with Crippen molar-refractivity contribution in [2.24, 2.45) is 0 Å². The summed E-state index contributed by atoms with van der Waals surface area (Å²) in [6.07, 6.45) is 0.633. The molecular formula is C19H17FN2O3. The van der Waals surface area contributed by atoms with Gasteiger partial charge in [0.25, 0.3) is 11.8 Å². The average molecular weight is 340 g/mol. The van der Waals surface area contributed by atoms with Gasteiger partial charge in [0.1, 0.15) is 5.82 Å². The van der Waals surface area contributed by atoms with Crippen LogP contribution >= 0.6 is 0 Å². The van der Waals surface area contributed by atoms with Gasteiger partial charge < -0.3 is 5.32 Å². The van der Waals surface area contributed by atoms with Crippen LogP contribution in [0.5, 0.6) is 0 Å². The van der Waals surface area contributed by atoms with Crippen LogP contribution < -0.4 is 5.32 Å². The molecular weight excluding hydrogens is 323 g/mol. The first-order valence-electron chi connectivity index (χ1n) is 8.02. The summed E-state index contributed by atoms with van der Waals surface area (Å²) in [5.74, 6) is -1.26.